The number of ether oxygens (including phenoxy) is 3. The van der Waals surface area contributed by atoms with Crippen LogP contribution in [0.4, 0.5) is 0 Å². The zero-order valence-corrected chi connectivity index (χ0v) is 10.6. The van der Waals surface area contributed by atoms with E-state index in [1.807, 2.05) is 17.7 Å². The Bertz CT molecular complexity index is 352. The largest absolute Gasteiger partial charge is 0.488 e. The van der Waals surface area contributed by atoms with Crippen LogP contribution in [0.5, 0.6) is 11.5 Å². The first kappa shape index (κ1) is 12.2. The lowest BCUT2D eigenvalue weighted by molar-refractivity contribution is -0.145. The summed E-state index contributed by atoms with van der Waals surface area (Å²) in [5.41, 5.74) is 0. The van der Waals surface area contributed by atoms with Crippen LogP contribution in [0.2, 0.25) is 0 Å². The second-order valence-electron chi connectivity index (χ2n) is 4.02. The van der Waals surface area contributed by atoms with Gasteiger partial charge in [-0.2, -0.15) is 0 Å². The summed E-state index contributed by atoms with van der Waals surface area (Å²) in [5, 5.41) is 3.83. The molecule has 0 spiro atoms. The summed E-state index contributed by atoms with van der Waals surface area (Å²) in [6.07, 6.45) is 1.29. The molecule has 0 aliphatic carbocycles. The van der Waals surface area contributed by atoms with Gasteiger partial charge in [0.15, 0.2) is 11.5 Å². The molecule has 2 heterocycles. The zero-order chi connectivity index (χ0) is 12.1. The Kier molecular flexibility index (Phi) is 4.25. The van der Waals surface area contributed by atoms with Gasteiger partial charge in [0.2, 0.25) is 0 Å². The molecular weight excluding hydrogens is 240 g/mol. The Balaban J connectivity index is 1.77. The number of thiophene rings is 1. The lowest BCUT2D eigenvalue weighted by atomic mass is 10.2. The third-order valence-corrected chi connectivity index (χ3v) is 3.18. The smallest absolute Gasteiger partial charge is 0.305 e. The monoisotopic (exact) mass is 256 g/mol. The van der Waals surface area contributed by atoms with Crippen molar-refractivity contribution in [3.05, 3.63) is 10.8 Å². The van der Waals surface area contributed by atoms with Gasteiger partial charge in [-0.15, -0.1) is 11.3 Å². The van der Waals surface area contributed by atoms with Crippen LogP contribution in [0.15, 0.2) is 10.8 Å². The van der Waals surface area contributed by atoms with Crippen molar-refractivity contribution < 1.29 is 19.0 Å². The van der Waals surface area contributed by atoms with E-state index in [-0.39, 0.29) is 11.9 Å². The molecule has 17 heavy (non-hydrogen) atoms. The molecule has 0 bridgehead atoms. The number of fused-ring (bicyclic) bond motifs is 1. The minimum atomic E-state index is -0.147. The SMILES string of the molecule is CCCC(=O)OCC1COc2cscc2OC1. The van der Waals surface area contributed by atoms with Gasteiger partial charge < -0.3 is 14.2 Å². The van der Waals surface area contributed by atoms with Crippen LogP contribution in [0, 0.1) is 5.92 Å². The summed E-state index contributed by atoms with van der Waals surface area (Å²) >= 11 is 1.56. The van der Waals surface area contributed by atoms with E-state index in [4.69, 9.17) is 14.2 Å². The van der Waals surface area contributed by atoms with Crippen molar-refractivity contribution in [1.29, 1.82) is 0 Å². The summed E-state index contributed by atoms with van der Waals surface area (Å²) in [5.74, 6) is 1.54. The first-order valence-electron chi connectivity index (χ1n) is 5.77. The average molecular weight is 256 g/mol. The van der Waals surface area contributed by atoms with E-state index in [2.05, 4.69) is 0 Å². The van der Waals surface area contributed by atoms with Crippen molar-refractivity contribution in [2.45, 2.75) is 19.8 Å². The van der Waals surface area contributed by atoms with Gasteiger partial charge in [-0.05, 0) is 6.42 Å². The number of esters is 1. The van der Waals surface area contributed by atoms with Crippen molar-refractivity contribution in [3.63, 3.8) is 0 Å². The molecule has 0 fully saturated rings. The first-order chi connectivity index (χ1) is 8.29. The van der Waals surface area contributed by atoms with Gasteiger partial charge in [0, 0.05) is 17.2 Å². The van der Waals surface area contributed by atoms with Crippen molar-refractivity contribution in [2.75, 3.05) is 19.8 Å². The number of carbonyl (C=O) groups is 1. The van der Waals surface area contributed by atoms with Crippen LogP contribution < -0.4 is 9.47 Å². The van der Waals surface area contributed by atoms with Crippen molar-refractivity contribution in [1.82, 2.24) is 0 Å². The predicted octanol–water partition coefficient (Wildman–Crippen LogP) is 2.48. The van der Waals surface area contributed by atoms with E-state index in [0.717, 1.165) is 17.9 Å². The third kappa shape index (κ3) is 3.36. The highest BCUT2D eigenvalue weighted by Gasteiger charge is 2.20. The van der Waals surface area contributed by atoms with Crippen LogP contribution in [0.3, 0.4) is 0 Å². The maximum absolute atomic E-state index is 11.2. The van der Waals surface area contributed by atoms with E-state index in [1.165, 1.54) is 0 Å². The molecular formula is C12H16O4S. The standard InChI is InChI=1S/C12H16O4S/c1-2-3-12(13)16-6-9-4-14-10-7-17-8-11(10)15-5-9/h7-9H,2-6H2,1H3. The number of hydrogen-bond acceptors (Lipinski definition) is 5. The zero-order valence-electron chi connectivity index (χ0n) is 9.81. The van der Waals surface area contributed by atoms with Gasteiger partial charge in [0.25, 0.3) is 0 Å². The Hall–Kier alpha value is -1.23. The molecule has 2 rings (SSSR count). The van der Waals surface area contributed by atoms with Crippen molar-refractivity contribution >= 4 is 17.3 Å². The molecule has 0 unspecified atom stereocenters. The van der Waals surface area contributed by atoms with Crippen molar-refractivity contribution in [3.8, 4) is 11.5 Å². The second kappa shape index (κ2) is 5.91. The van der Waals surface area contributed by atoms with E-state index in [0.29, 0.717) is 26.2 Å². The molecule has 1 aromatic heterocycles. The van der Waals surface area contributed by atoms with Gasteiger partial charge in [-0.25, -0.2) is 0 Å². The fourth-order valence-electron chi connectivity index (χ4n) is 1.53. The second-order valence-corrected chi connectivity index (χ2v) is 4.76. The highest BCUT2D eigenvalue weighted by molar-refractivity contribution is 7.08. The van der Waals surface area contributed by atoms with Gasteiger partial charge in [0.1, 0.15) is 6.61 Å². The van der Waals surface area contributed by atoms with E-state index in [1.54, 1.807) is 11.3 Å². The lowest BCUT2D eigenvalue weighted by Gasteiger charge is -2.13. The predicted molar refractivity (Wildman–Crippen MR) is 64.7 cm³/mol. The summed E-state index contributed by atoms with van der Waals surface area (Å²) < 4.78 is 16.3. The van der Waals surface area contributed by atoms with Crippen LogP contribution in [-0.2, 0) is 9.53 Å². The molecule has 1 aliphatic rings. The molecule has 0 saturated carbocycles. The molecule has 0 amide bonds. The van der Waals surface area contributed by atoms with Crippen LogP contribution in [-0.4, -0.2) is 25.8 Å². The summed E-state index contributed by atoms with van der Waals surface area (Å²) in [7, 11) is 0. The Morgan fingerprint density at radius 3 is 2.65 bits per heavy atom. The Morgan fingerprint density at radius 2 is 2.06 bits per heavy atom. The molecule has 1 aliphatic heterocycles. The molecule has 4 nitrogen and oxygen atoms in total. The van der Waals surface area contributed by atoms with Gasteiger partial charge in [-0.1, -0.05) is 6.92 Å². The number of hydrogen-bond donors (Lipinski definition) is 0. The number of rotatable bonds is 4. The minimum Gasteiger partial charge on any atom is -0.488 e. The molecule has 0 atom stereocenters. The quantitative estimate of drug-likeness (QED) is 0.776. The van der Waals surface area contributed by atoms with E-state index >= 15 is 0 Å². The summed E-state index contributed by atoms with van der Waals surface area (Å²) in [4.78, 5) is 11.2. The molecule has 5 heteroatoms. The molecule has 0 aromatic carbocycles. The fourth-order valence-corrected chi connectivity index (χ4v) is 2.21. The molecule has 0 N–H and O–H groups in total. The summed E-state index contributed by atoms with van der Waals surface area (Å²) in [6, 6.07) is 0. The van der Waals surface area contributed by atoms with E-state index in [9.17, 15) is 4.79 Å². The van der Waals surface area contributed by atoms with E-state index < -0.39 is 0 Å². The van der Waals surface area contributed by atoms with Gasteiger partial charge in [-0.3, -0.25) is 4.79 Å². The summed E-state index contributed by atoms with van der Waals surface area (Å²) in [6.45, 7) is 3.38. The average Bonchev–Trinajstić information content (AvgIpc) is 2.68. The molecule has 1 aromatic rings. The van der Waals surface area contributed by atoms with Crippen LogP contribution in [0.25, 0.3) is 0 Å². The Morgan fingerprint density at radius 1 is 1.41 bits per heavy atom. The maximum atomic E-state index is 11.2. The minimum absolute atomic E-state index is 0.105. The van der Waals surface area contributed by atoms with Crippen LogP contribution >= 0.6 is 11.3 Å². The van der Waals surface area contributed by atoms with Crippen LogP contribution in [0.1, 0.15) is 19.8 Å². The molecule has 0 radical (unpaired) electrons. The lowest BCUT2D eigenvalue weighted by Crippen LogP contribution is -2.24. The van der Waals surface area contributed by atoms with Gasteiger partial charge in [0.05, 0.1) is 19.1 Å². The maximum Gasteiger partial charge on any atom is 0.305 e. The molecule has 94 valence electrons. The van der Waals surface area contributed by atoms with Crippen molar-refractivity contribution in [2.24, 2.45) is 5.92 Å². The third-order valence-electron chi connectivity index (χ3n) is 2.48. The van der Waals surface area contributed by atoms with Gasteiger partial charge >= 0.3 is 5.97 Å². The Labute approximate surface area is 104 Å². The normalized spacial score (nSPS) is 15.4. The fraction of sp³-hybridized carbons (Fsp3) is 0.583. The first-order valence-corrected chi connectivity index (χ1v) is 6.71. The number of carbonyl (C=O) groups excluding carboxylic acids is 1. The highest BCUT2D eigenvalue weighted by atomic mass is 32.1. The molecule has 0 saturated heterocycles. The topological polar surface area (TPSA) is 44.8 Å². The highest BCUT2D eigenvalue weighted by Crippen LogP contribution is 2.33.